The molecular weight excluding hydrogens is 370 g/mol. The Labute approximate surface area is 163 Å². The SMILES string of the molecule is COc1ccc(C(C)NC(=O)NCC(=O)Nc2ccc(Cl)cc2)c(OC)c1. The highest BCUT2D eigenvalue weighted by molar-refractivity contribution is 6.30. The number of ether oxygens (including phenoxy) is 2. The zero-order valence-corrected chi connectivity index (χ0v) is 16.1. The number of carbonyl (C=O) groups is 2. The maximum atomic E-state index is 12.1. The molecule has 0 fully saturated rings. The van der Waals surface area contributed by atoms with Gasteiger partial charge in [0.05, 0.1) is 26.8 Å². The van der Waals surface area contributed by atoms with Crippen molar-refractivity contribution in [2.24, 2.45) is 0 Å². The topological polar surface area (TPSA) is 88.7 Å². The van der Waals surface area contributed by atoms with Gasteiger partial charge in [-0.2, -0.15) is 0 Å². The largest absolute Gasteiger partial charge is 0.497 e. The zero-order chi connectivity index (χ0) is 19.8. The van der Waals surface area contributed by atoms with Crippen molar-refractivity contribution in [3.05, 3.63) is 53.1 Å². The minimum atomic E-state index is -0.466. The summed E-state index contributed by atoms with van der Waals surface area (Å²) in [6.45, 7) is 1.65. The molecule has 1 atom stereocenters. The molecule has 27 heavy (non-hydrogen) atoms. The molecule has 0 aliphatic carbocycles. The predicted molar refractivity (Wildman–Crippen MR) is 105 cm³/mol. The van der Waals surface area contributed by atoms with Crippen LogP contribution in [0.15, 0.2) is 42.5 Å². The van der Waals surface area contributed by atoms with E-state index in [2.05, 4.69) is 16.0 Å². The number of benzene rings is 2. The number of urea groups is 1. The van der Waals surface area contributed by atoms with Crippen LogP contribution in [0.1, 0.15) is 18.5 Å². The summed E-state index contributed by atoms with van der Waals surface area (Å²) in [6, 6.07) is 11.2. The van der Waals surface area contributed by atoms with Gasteiger partial charge in [0.1, 0.15) is 11.5 Å². The molecule has 3 amide bonds. The molecular formula is C19H22ClN3O4. The van der Waals surface area contributed by atoms with E-state index in [1.807, 2.05) is 13.0 Å². The molecule has 3 N–H and O–H groups in total. The number of hydrogen-bond acceptors (Lipinski definition) is 4. The molecule has 2 rings (SSSR count). The lowest BCUT2D eigenvalue weighted by molar-refractivity contribution is -0.115. The summed E-state index contributed by atoms with van der Waals surface area (Å²) in [6.07, 6.45) is 0. The monoisotopic (exact) mass is 391 g/mol. The minimum absolute atomic E-state index is 0.166. The van der Waals surface area contributed by atoms with Gasteiger partial charge in [0.25, 0.3) is 0 Å². The van der Waals surface area contributed by atoms with Gasteiger partial charge < -0.3 is 25.4 Å². The molecule has 7 nitrogen and oxygen atoms in total. The lowest BCUT2D eigenvalue weighted by Crippen LogP contribution is -2.41. The molecule has 144 valence electrons. The molecule has 2 aromatic rings. The van der Waals surface area contributed by atoms with E-state index < -0.39 is 6.03 Å². The highest BCUT2D eigenvalue weighted by atomic mass is 35.5. The van der Waals surface area contributed by atoms with E-state index in [-0.39, 0.29) is 18.5 Å². The van der Waals surface area contributed by atoms with E-state index in [0.717, 1.165) is 5.56 Å². The second kappa shape index (κ2) is 9.68. The number of rotatable bonds is 7. The fourth-order valence-corrected chi connectivity index (χ4v) is 2.53. The highest BCUT2D eigenvalue weighted by Gasteiger charge is 2.15. The standard InChI is InChI=1S/C19H22ClN3O4/c1-12(16-9-8-15(26-2)10-17(16)27-3)22-19(25)21-11-18(24)23-14-6-4-13(20)5-7-14/h4-10,12H,11H2,1-3H3,(H,23,24)(H2,21,22,25). The van der Waals surface area contributed by atoms with Crippen LogP contribution in [0.25, 0.3) is 0 Å². The summed E-state index contributed by atoms with van der Waals surface area (Å²) in [4.78, 5) is 24.0. The van der Waals surface area contributed by atoms with Crippen LogP contribution in [-0.2, 0) is 4.79 Å². The summed E-state index contributed by atoms with van der Waals surface area (Å²) >= 11 is 5.79. The first-order valence-corrected chi connectivity index (χ1v) is 8.62. The quantitative estimate of drug-likeness (QED) is 0.675. The predicted octanol–water partition coefficient (Wildman–Crippen LogP) is 3.36. The third kappa shape index (κ3) is 6.07. The van der Waals surface area contributed by atoms with Crippen molar-refractivity contribution in [2.75, 3.05) is 26.1 Å². The number of carbonyl (C=O) groups excluding carboxylic acids is 2. The molecule has 0 radical (unpaired) electrons. The normalized spacial score (nSPS) is 11.3. The first-order valence-electron chi connectivity index (χ1n) is 8.24. The molecule has 0 saturated carbocycles. The van der Waals surface area contributed by atoms with E-state index in [1.165, 1.54) is 0 Å². The molecule has 0 heterocycles. The number of nitrogens with one attached hydrogen (secondary N) is 3. The molecule has 0 bridgehead atoms. The Balaban J connectivity index is 1.86. The fraction of sp³-hybridized carbons (Fsp3) is 0.263. The molecule has 0 saturated heterocycles. The van der Waals surface area contributed by atoms with Crippen molar-refractivity contribution in [1.82, 2.24) is 10.6 Å². The van der Waals surface area contributed by atoms with Gasteiger partial charge in [-0.15, -0.1) is 0 Å². The van der Waals surface area contributed by atoms with Crippen LogP contribution in [-0.4, -0.2) is 32.7 Å². The van der Waals surface area contributed by atoms with Crippen LogP contribution >= 0.6 is 11.6 Å². The molecule has 1 unspecified atom stereocenters. The Morgan fingerprint density at radius 3 is 2.41 bits per heavy atom. The average Bonchev–Trinajstić information content (AvgIpc) is 2.67. The van der Waals surface area contributed by atoms with Crippen molar-refractivity contribution < 1.29 is 19.1 Å². The van der Waals surface area contributed by atoms with Crippen LogP contribution in [0.5, 0.6) is 11.5 Å². The van der Waals surface area contributed by atoms with Gasteiger partial charge in [-0.05, 0) is 43.3 Å². The lowest BCUT2D eigenvalue weighted by Gasteiger charge is -2.18. The van der Waals surface area contributed by atoms with Gasteiger partial charge in [-0.1, -0.05) is 11.6 Å². The zero-order valence-electron chi connectivity index (χ0n) is 15.3. The van der Waals surface area contributed by atoms with E-state index in [1.54, 1.807) is 50.6 Å². The summed E-state index contributed by atoms with van der Waals surface area (Å²) in [5.41, 5.74) is 1.39. The van der Waals surface area contributed by atoms with Crippen LogP contribution < -0.4 is 25.4 Å². The molecule has 0 aliphatic rings. The van der Waals surface area contributed by atoms with Gasteiger partial charge in [-0.3, -0.25) is 4.79 Å². The number of methoxy groups -OCH3 is 2. The Morgan fingerprint density at radius 1 is 1.07 bits per heavy atom. The average molecular weight is 392 g/mol. The van der Waals surface area contributed by atoms with Gasteiger partial charge >= 0.3 is 6.03 Å². The maximum Gasteiger partial charge on any atom is 0.315 e. The Bertz CT molecular complexity index is 796. The molecule has 2 aromatic carbocycles. The van der Waals surface area contributed by atoms with Crippen molar-refractivity contribution in [1.29, 1.82) is 0 Å². The number of hydrogen-bond donors (Lipinski definition) is 3. The molecule has 8 heteroatoms. The number of anilines is 1. The van der Waals surface area contributed by atoms with Gasteiger partial charge in [-0.25, -0.2) is 4.79 Å². The van der Waals surface area contributed by atoms with Gasteiger partial charge in [0.2, 0.25) is 5.91 Å². The van der Waals surface area contributed by atoms with Crippen LogP contribution in [0.2, 0.25) is 5.02 Å². The maximum absolute atomic E-state index is 12.1. The lowest BCUT2D eigenvalue weighted by atomic mass is 10.1. The summed E-state index contributed by atoms with van der Waals surface area (Å²) in [7, 11) is 3.12. The van der Waals surface area contributed by atoms with Crippen molar-refractivity contribution in [3.63, 3.8) is 0 Å². The number of halogens is 1. The molecule has 0 aliphatic heterocycles. The molecule has 0 spiro atoms. The van der Waals surface area contributed by atoms with Gasteiger partial charge in [0.15, 0.2) is 0 Å². The summed E-state index contributed by atoms with van der Waals surface area (Å²) in [5, 5.41) is 8.53. The Hall–Kier alpha value is -2.93. The summed E-state index contributed by atoms with van der Waals surface area (Å²) in [5.74, 6) is 0.913. The van der Waals surface area contributed by atoms with E-state index in [0.29, 0.717) is 22.2 Å². The minimum Gasteiger partial charge on any atom is -0.497 e. The second-order valence-corrected chi connectivity index (χ2v) is 6.15. The van der Waals surface area contributed by atoms with E-state index in [4.69, 9.17) is 21.1 Å². The smallest absolute Gasteiger partial charge is 0.315 e. The molecule has 0 aromatic heterocycles. The third-order valence-corrected chi connectivity index (χ3v) is 4.04. The van der Waals surface area contributed by atoms with E-state index in [9.17, 15) is 9.59 Å². The Morgan fingerprint density at radius 2 is 1.78 bits per heavy atom. The summed E-state index contributed by atoms with van der Waals surface area (Å²) < 4.78 is 10.5. The van der Waals surface area contributed by atoms with Gasteiger partial charge in [0, 0.05) is 22.3 Å². The van der Waals surface area contributed by atoms with E-state index >= 15 is 0 Å². The number of amides is 3. The Kier molecular flexibility index (Phi) is 7.31. The van der Waals surface area contributed by atoms with Crippen molar-refractivity contribution in [3.8, 4) is 11.5 Å². The first-order chi connectivity index (χ1) is 12.9. The second-order valence-electron chi connectivity index (χ2n) is 5.71. The third-order valence-electron chi connectivity index (χ3n) is 3.79. The fourth-order valence-electron chi connectivity index (χ4n) is 2.40. The highest BCUT2D eigenvalue weighted by Crippen LogP contribution is 2.29. The van der Waals surface area contributed by atoms with Crippen molar-refractivity contribution in [2.45, 2.75) is 13.0 Å². The first kappa shape index (κ1) is 20.4. The van der Waals surface area contributed by atoms with Crippen molar-refractivity contribution >= 4 is 29.2 Å². The van der Waals surface area contributed by atoms with Crippen LogP contribution in [0, 0.1) is 0 Å². The van der Waals surface area contributed by atoms with Crippen LogP contribution in [0.4, 0.5) is 10.5 Å². The van der Waals surface area contributed by atoms with Crippen LogP contribution in [0.3, 0.4) is 0 Å².